The third-order valence-electron chi connectivity index (χ3n) is 2.61. The van der Waals surface area contributed by atoms with Crippen LogP contribution in [0.15, 0.2) is 34.9 Å². The van der Waals surface area contributed by atoms with Crippen LogP contribution in [-0.2, 0) is 6.54 Å². The molecule has 0 amide bonds. The van der Waals surface area contributed by atoms with Gasteiger partial charge in [0.25, 0.3) is 5.69 Å². The van der Waals surface area contributed by atoms with Crippen molar-refractivity contribution < 1.29 is 9.34 Å². The van der Waals surface area contributed by atoms with Crippen LogP contribution in [0.3, 0.4) is 0 Å². The predicted octanol–water partition coefficient (Wildman–Crippen LogP) is 2.75. The summed E-state index contributed by atoms with van der Waals surface area (Å²) >= 11 is 0. The standard InChI is InChI=1S/C13H15N3O3/c1-2-7-14-8-11-9-19-13(15-11)10-3-5-12(6-4-10)16(17)18/h3-6,9,14H,2,7-8H2,1H3. The van der Waals surface area contributed by atoms with Crippen molar-refractivity contribution in [2.24, 2.45) is 0 Å². The second kappa shape index (κ2) is 6.10. The lowest BCUT2D eigenvalue weighted by Crippen LogP contribution is -2.13. The predicted molar refractivity (Wildman–Crippen MR) is 70.6 cm³/mol. The molecule has 0 spiro atoms. The second-order valence-corrected chi connectivity index (χ2v) is 4.12. The molecule has 0 aliphatic rings. The number of nitro benzene ring substituents is 1. The Balaban J connectivity index is 2.07. The van der Waals surface area contributed by atoms with Crippen LogP contribution >= 0.6 is 0 Å². The number of nitro groups is 1. The molecule has 0 saturated heterocycles. The van der Waals surface area contributed by atoms with Crippen molar-refractivity contribution in [2.45, 2.75) is 19.9 Å². The Bertz CT molecular complexity index is 549. The molecule has 1 heterocycles. The zero-order chi connectivity index (χ0) is 13.7. The molecular formula is C13H15N3O3. The molecule has 100 valence electrons. The van der Waals surface area contributed by atoms with E-state index in [-0.39, 0.29) is 5.69 Å². The minimum Gasteiger partial charge on any atom is -0.444 e. The molecule has 0 unspecified atom stereocenters. The Kier molecular flexibility index (Phi) is 4.25. The van der Waals surface area contributed by atoms with Crippen LogP contribution in [-0.4, -0.2) is 16.5 Å². The van der Waals surface area contributed by atoms with Gasteiger partial charge in [-0.25, -0.2) is 4.98 Å². The number of hydrogen-bond acceptors (Lipinski definition) is 5. The van der Waals surface area contributed by atoms with Gasteiger partial charge >= 0.3 is 0 Å². The third-order valence-corrected chi connectivity index (χ3v) is 2.61. The maximum atomic E-state index is 10.6. The average Bonchev–Trinajstić information content (AvgIpc) is 2.88. The number of benzene rings is 1. The van der Waals surface area contributed by atoms with Gasteiger partial charge in [0.15, 0.2) is 0 Å². The van der Waals surface area contributed by atoms with Crippen molar-refractivity contribution >= 4 is 5.69 Å². The largest absolute Gasteiger partial charge is 0.444 e. The van der Waals surface area contributed by atoms with Crippen LogP contribution in [0, 0.1) is 10.1 Å². The fourth-order valence-electron chi connectivity index (χ4n) is 1.64. The van der Waals surface area contributed by atoms with E-state index >= 15 is 0 Å². The van der Waals surface area contributed by atoms with Crippen molar-refractivity contribution in [3.8, 4) is 11.5 Å². The molecule has 0 bridgehead atoms. The highest BCUT2D eigenvalue weighted by Gasteiger charge is 2.09. The van der Waals surface area contributed by atoms with Crippen molar-refractivity contribution in [3.63, 3.8) is 0 Å². The van der Waals surface area contributed by atoms with Gasteiger partial charge in [-0.2, -0.15) is 0 Å². The van der Waals surface area contributed by atoms with Gasteiger partial charge in [-0.05, 0) is 25.1 Å². The maximum absolute atomic E-state index is 10.6. The number of nitrogens with zero attached hydrogens (tertiary/aromatic N) is 2. The van der Waals surface area contributed by atoms with E-state index in [0.717, 1.165) is 24.2 Å². The highest BCUT2D eigenvalue weighted by atomic mass is 16.6. The highest BCUT2D eigenvalue weighted by Crippen LogP contribution is 2.21. The lowest BCUT2D eigenvalue weighted by atomic mass is 10.2. The van der Waals surface area contributed by atoms with Crippen molar-refractivity contribution in [1.82, 2.24) is 10.3 Å². The molecule has 6 nitrogen and oxygen atoms in total. The van der Waals surface area contributed by atoms with Crippen LogP contribution in [0.25, 0.3) is 11.5 Å². The molecule has 0 radical (unpaired) electrons. The van der Waals surface area contributed by atoms with Gasteiger partial charge in [0.1, 0.15) is 6.26 Å². The van der Waals surface area contributed by atoms with Gasteiger partial charge < -0.3 is 9.73 Å². The molecule has 0 aliphatic carbocycles. The van der Waals surface area contributed by atoms with Crippen molar-refractivity contribution in [1.29, 1.82) is 0 Å². The van der Waals surface area contributed by atoms with Crippen LogP contribution < -0.4 is 5.32 Å². The smallest absolute Gasteiger partial charge is 0.269 e. The first-order valence-corrected chi connectivity index (χ1v) is 6.10. The first-order chi connectivity index (χ1) is 9.20. The Hall–Kier alpha value is -2.21. The van der Waals surface area contributed by atoms with E-state index in [4.69, 9.17) is 4.42 Å². The van der Waals surface area contributed by atoms with Crippen LogP contribution in [0.1, 0.15) is 19.0 Å². The van der Waals surface area contributed by atoms with Crippen LogP contribution in [0.5, 0.6) is 0 Å². The zero-order valence-electron chi connectivity index (χ0n) is 10.6. The molecule has 2 rings (SSSR count). The van der Waals surface area contributed by atoms with Gasteiger partial charge in [0, 0.05) is 24.2 Å². The van der Waals surface area contributed by atoms with E-state index in [2.05, 4.69) is 17.2 Å². The van der Waals surface area contributed by atoms with Crippen LogP contribution in [0.2, 0.25) is 0 Å². The first kappa shape index (κ1) is 13.2. The molecule has 6 heteroatoms. The second-order valence-electron chi connectivity index (χ2n) is 4.12. The number of aromatic nitrogens is 1. The summed E-state index contributed by atoms with van der Waals surface area (Å²) in [7, 11) is 0. The number of rotatable bonds is 6. The molecule has 2 aromatic rings. The van der Waals surface area contributed by atoms with Gasteiger partial charge in [0.05, 0.1) is 10.6 Å². The van der Waals surface area contributed by atoms with Gasteiger partial charge in [-0.1, -0.05) is 6.92 Å². The Morgan fingerprint density at radius 3 is 2.74 bits per heavy atom. The normalized spacial score (nSPS) is 10.6. The van der Waals surface area contributed by atoms with Gasteiger partial charge in [-0.3, -0.25) is 10.1 Å². The number of non-ortho nitro benzene ring substituents is 1. The summed E-state index contributed by atoms with van der Waals surface area (Å²) in [5.74, 6) is 0.475. The zero-order valence-corrected chi connectivity index (χ0v) is 10.6. The molecule has 0 saturated carbocycles. The van der Waals surface area contributed by atoms with E-state index in [0.29, 0.717) is 12.4 Å². The SMILES string of the molecule is CCCNCc1coc(-c2ccc([N+](=O)[O-])cc2)n1. The van der Waals surface area contributed by atoms with E-state index in [1.807, 2.05) is 0 Å². The number of hydrogen-bond donors (Lipinski definition) is 1. The summed E-state index contributed by atoms with van der Waals surface area (Å²) in [6.07, 6.45) is 2.66. The average molecular weight is 261 g/mol. The lowest BCUT2D eigenvalue weighted by Gasteiger charge is -1.97. The van der Waals surface area contributed by atoms with Gasteiger partial charge in [0.2, 0.25) is 5.89 Å². The van der Waals surface area contributed by atoms with E-state index in [1.165, 1.54) is 12.1 Å². The summed E-state index contributed by atoms with van der Waals surface area (Å²) in [5, 5.41) is 13.8. The van der Waals surface area contributed by atoms with Gasteiger partial charge in [-0.15, -0.1) is 0 Å². The quantitative estimate of drug-likeness (QED) is 0.491. The number of nitrogens with one attached hydrogen (secondary N) is 1. The molecule has 0 atom stereocenters. The van der Waals surface area contributed by atoms with E-state index in [9.17, 15) is 10.1 Å². The third kappa shape index (κ3) is 3.38. The van der Waals surface area contributed by atoms with Crippen molar-refractivity contribution in [2.75, 3.05) is 6.54 Å². The molecule has 19 heavy (non-hydrogen) atoms. The molecule has 0 fully saturated rings. The topological polar surface area (TPSA) is 81.2 Å². The highest BCUT2D eigenvalue weighted by molar-refractivity contribution is 5.55. The molecule has 1 aromatic carbocycles. The lowest BCUT2D eigenvalue weighted by molar-refractivity contribution is -0.384. The molecule has 1 aromatic heterocycles. The Morgan fingerprint density at radius 1 is 1.37 bits per heavy atom. The monoisotopic (exact) mass is 261 g/mol. The fraction of sp³-hybridized carbons (Fsp3) is 0.308. The molecule has 0 aliphatic heterocycles. The van der Waals surface area contributed by atoms with E-state index < -0.39 is 4.92 Å². The van der Waals surface area contributed by atoms with E-state index in [1.54, 1.807) is 18.4 Å². The Morgan fingerprint density at radius 2 is 2.11 bits per heavy atom. The summed E-state index contributed by atoms with van der Waals surface area (Å²) in [5.41, 5.74) is 1.61. The summed E-state index contributed by atoms with van der Waals surface area (Å²) in [6.45, 7) is 3.68. The minimum absolute atomic E-state index is 0.0557. The first-order valence-electron chi connectivity index (χ1n) is 6.10. The molecular weight excluding hydrogens is 246 g/mol. The molecule has 1 N–H and O–H groups in total. The minimum atomic E-state index is -0.431. The summed E-state index contributed by atoms with van der Waals surface area (Å²) < 4.78 is 5.36. The van der Waals surface area contributed by atoms with Crippen LogP contribution in [0.4, 0.5) is 5.69 Å². The fourth-order valence-corrected chi connectivity index (χ4v) is 1.64. The summed E-state index contributed by atoms with van der Waals surface area (Å²) in [4.78, 5) is 14.5. The summed E-state index contributed by atoms with van der Waals surface area (Å²) in [6, 6.07) is 6.14. The Labute approximate surface area is 110 Å². The maximum Gasteiger partial charge on any atom is 0.269 e. The van der Waals surface area contributed by atoms with Crippen molar-refractivity contribution in [3.05, 3.63) is 46.3 Å². The number of oxazole rings is 1.